The van der Waals surface area contributed by atoms with Gasteiger partial charge in [0.2, 0.25) is 0 Å². The van der Waals surface area contributed by atoms with Gasteiger partial charge in [-0.3, -0.25) is 9.80 Å². The summed E-state index contributed by atoms with van der Waals surface area (Å²) < 4.78 is 0. The molecule has 2 aliphatic heterocycles. The first-order valence-corrected chi connectivity index (χ1v) is 9.35. The molecule has 2 fully saturated rings. The van der Waals surface area contributed by atoms with E-state index in [0.717, 1.165) is 37.9 Å². The van der Waals surface area contributed by atoms with Gasteiger partial charge >= 0.3 is 0 Å². The molecule has 2 aliphatic rings. The van der Waals surface area contributed by atoms with Crippen LogP contribution in [0.25, 0.3) is 0 Å². The third-order valence-corrected chi connectivity index (χ3v) is 5.59. The minimum atomic E-state index is 0.562. The number of piperidine rings is 2. The van der Waals surface area contributed by atoms with E-state index in [1.807, 2.05) is 0 Å². The number of benzene rings is 1. The van der Waals surface area contributed by atoms with Crippen molar-refractivity contribution >= 4 is 5.82 Å². The fraction of sp³-hybridized carbons (Fsp3) is 0.500. The standard InChI is InChI=1S/C20H27N5/c21-19-8-10-22-20(23-19)15-24-12-9-18-17(14-24)7-4-11-25(18)13-16-5-2-1-3-6-16/h1-3,5-6,8,10,17-18H,4,7,9,11-15H2,(H2,21,22,23)/t17-,18+/m0/s1. The number of nitrogen functional groups attached to an aromatic ring is 1. The van der Waals surface area contributed by atoms with Gasteiger partial charge in [0.05, 0.1) is 6.54 Å². The molecule has 2 aromatic rings. The molecule has 0 aliphatic carbocycles. The minimum Gasteiger partial charge on any atom is -0.384 e. The van der Waals surface area contributed by atoms with Crippen molar-refractivity contribution in [3.8, 4) is 0 Å². The number of anilines is 1. The molecule has 3 heterocycles. The van der Waals surface area contributed by atoms with Crippen LogP contribution in [0, 0.1) is 5.92 Å². The molecular formula is C20H27N5. The summed E-state index contributed by atoms with van der Waals surface area (Å²) in [6, 6.07) is 13.3. The molecule has 5 heteroatoms. The summed E-state index contributed by atoms with van der Waals surface area (Å²) in [5, 5.41) is 0. The molecule has 0 radical (unpaired) electrons. The molecule has 0 amide bonds. The number of hydrogen-bond acceptors (Lipinski definition) is 5. The van der Waals surface area contributed by atoms with E-state index in [9.17, 15) is 0 Å². The van der Waals surface area contributed by atoms with Gasteiger partial charge < -0.3 is 5.73 Å². The van der Waals surface area contributed by atoms with Gasteiger partial charge in [0.1, 0.15) is 11.6 Å². The zero-order valence-corrected chi connectivity index (χ0v) is 14.7. The monoisotopic (exact) mass is 337 g/mol. The predicted octanol–water partition coefficient (Wildman–Crippen LogP) is 2.55. The van der Waals surface area contributed by atoms with Crippen molar-refractivity contribution in [1.82, 2.24) is 19.8 Å². The topological polar surface area (TPSA) is 58.3 Å². The molecule has 2 saturated heterocycles. The highest BCUT2D eigenvalue weighted by Gasteiger charge is 2.35. The second-order valence-electron chi connectivity index (χ2n) is 7.35. The van der Waals surface area contributed by atoms with Crippen LogP contribution in [-0.2, 0) is 13.1 Å². The molecule has 5 nitrogen and oxygen atoms in total. The lowest BCUT2D eigenvalue weighted by molar-refractivity contribution is 0.0148. The van der Waals surface area contributed by atoms with E-state index in [4.69, 9.17) is 5.73 Å². The highest BCUT2D eigenvalue weighted by molar-refractivity contribution is 5.25. The quantitative estimate of drug-likeness (QED) is 0.929. The van der Waals surface area contributed by atoms with Gasteiger partial charge in [0.15, 0.2) is 0 Å². The number of aromatic nitrogens is 2. The van der Waals surface area contributed by atoms with Crippen LogP contribution in [0.1, 0.15) is 30.7 Å². The first-order chi connectivity index (χ1) is 12.3. The van der Waals surface area contributed by atoms with E-state index in [1.54, 1.807) is 12.3 Å². The third kappa shape index (κ3) is 3.99. The number of nitrogens with two attached hydrogens (primary N) is 1. The van der Waals surface area contributed by atoms with Crippen LogP contribution in [-0.4, -0.2) is 45.4 Å². The van der Waals surface area contributed by atoms with Crippen LogP contribution in [0.15, 0.2) is 42.6 Å². The van der Waals surface area contributed by atoms with Crippen molar-refractivity contribution < 1.29 is 0 Å². The van der Waals surface area contributed by atoms with Crippen molar-refractivity contribution in [3.63, 3.8) is 0 Å². The molecule has 1 aromatic carbocycles. The first-order valence-electron chi connectivity index (χ1n) is 9.35. The molecule has 1 aromatic heterocycles. The van der Waals surface area contributed by atoms with E-state index < -0.39 is 0 Å². The Kier molecular flexibility index (Phi) is 4.95. The third-order valence-electron chi connectivity index (χ3n) is 5.59. The van der Waals surface area contributed by atoms with Gasteiger partial charge in [0, 0.05) is 31.9 Å². The average molecular weight is 337 g/mol. The summed E-state index contributed by atoms with van der Waals surface area (Å²) in [6.45, 7) is 5.39. The molecule has 0 bridgehead atoms. The molecule has 25 heavy (non-hydrogen) atoms. The molecule has 4 rings (SSSR count). The number of rotatable bonds is 4. The normalized spacial score (nSPS) is 24.8. The summed E-state index contributed by atoms with van der Waals surface area (Å²) in [5.74, 6) is 2.16. The number of hydrogen-bond donors (Lipinski definition) is 1. The van der Waals surface area contributed by atoms with Crippen LogP contribution >= 0.6 is 0 Å². The molecule has 0 unspecified atom stereocenters. The molecule has 132 valence electrons. The number of likely N-dealkylation sites (tertiary alicyclic amines) is 2. The summed E-state index contributed by atoms with van der Waals surface area (Å²) in [6.07, 6.45) is 5.63. The van der Waals surface area contributed by atoms with Gasteiger partial charge in [-0.1, -0.05) is 30.3 Å². The Morgan fingerprint density at radius 3 is 2.76 bits per heavy atom. The van der Waals surface area contributed by atoms with Gasteiger partial charge in [-0.2, -0.15) is 0 Å². The van der Waals surface area contributed by atoms with Crippen molar-refractivity contribution in [2.75, 3.05) is 25.4 Å². The van der Waals surface area contributed by atoms with E-state index in [1.165, 1.54) is 31.4 Å². The van der Waals surface area contributed by atoms with Crippen LogP contribution < -0.4 is 5.73 Å². The fourth-order valence-electron chi connectivity index (χ4n) is 4.43. The molecule has 0 saturated carbocycles. The first kappa shape index (κ1) is 16.5. The van der Waals surface area contributed by atoms with Crippen LogP contribution in [0.5, 0.6) is 0 Å². The Morgan fingerprint density at radius 1 is 1.04 bits per heavy atom. The molecule has 0 spiro atoms. The largest absolute Gasteiger partial charge is 0.384 e. The SMILES string of the molecule is Nc1ccnc(CN2CC[C@@H]3[C@@H](CCCN3Cc3ccccc3)C2)n1. The van der Waals surface area contributed by atoms with Gasteiger partial charge in [-0.25, -0.2) is 9.97 Å². The molecule has 2 N–H and O–H groups in total. The Balaban J connectivity index is 1.38. The Labute approximate surface area is 149 Å². The number of fused-ring (bicyclic) bond motifs is 1. The van der Waals surface area contributed by atoms with Crippen molar-refractivity contribution in [1.29, 1.82) is 0 Å². The Bertz CT molecular complexity index is 689. The highest BCUT2D eigenvalue weighted by Crippen LogP contribution is 2.32. The van der Waals surface area contributed by atoms with E-state index in [-0.39, 0.29) is 0 Å². The molecule has 2 atom stereocenters. The van der Waals surface area contributed by atoms with Crippen molar-refractivity contribution in [2.45, 2.75) is 38.4 Å². The maximum Gasteiger partial charge on any atom is 0.144 e. The zero-order valence-electron chi connectivity index (χ0n) is 14.7. The van der Waals surface area contributed by atoms with Crippen molar-refractivity contribution in [2.24, 2.45) is 5.92 Å². The average Bonchev–Trinajstić information content (AvgIpc) is 2.63. The summed E-state index contributed by atoms with van der Waals surface area (Å²) in [5.41, 5.74) is 7.21. The minimum absolute atomic E-state index is 0.562. The lowest BCUT2D eigenvalue weighted by atomic mass is 9.83. The number of nitrogens with zero attached hydrogens (tertiary/aromatic N) is 4. The van der Waals surface area contributed by atoms with Crippen LogP contribution in [0.4, 0.5) is 5.82 Å². The van der Waals surface area contributed by atoms with Gasteiger partial charge in [0.25, 0.3) is 0 Å². The van der Waals surface area contributed by atoms with Gasteiger partial charge in [-0.05, 0) is 43.4 Å². The lowest BCUT2D eigenvalue weighted by Gasteiger charge is -2.47. The Hall–Kier alpha value is -1.98. The smallest absolute Gasteiger partial charge is 0.144 e. The fourth-order valence-corrected chi connectivity index (χ4v) is 4.43. The van der Waals surface area contributed by atoms with Crippen molar-refractivity contribution in [3.05, 3.63) is 54.0 Å². The maximum absolute atomic E-state index is 5.79. The lowest BCUT2D eigenvalue weighted by Crippen LogP contribution is -2.53. The van der Waals surface area contributed by atoms with E-state index in [2.05, 4.69) is 50.1 Å². The second kappa shape index (κ2) is 7.50. The summed E-state index contributed by atoms with van der Waals surface area (Å²) in [4.78, 5) is 13.9. The van der Waals surface area contributed by atoms with Crippen LogP contribution in [0.3, 0.4) is 0 Å². The zero-order chi connectivity index (χ0) is 17.1. The summed E-state index contributed by atoms with van der Waals surface area (Å²) >= 11 is 0. The predicted molar refractivity (Wildman–Crippen MR) is 99.7 cm³/mol. The van der Waals surface area contributed by atoms with E-state index >= 15 is 0 Å². The Morgan fingerprint density at radius 2 is 1.92 bits per heavy atom. The second-order valence-corrected chi connectivity index (χ2v) is 7.35. The molecular weight excluding hydrogens is 310 g/mol. The summed E-state index contributed by atoms with van der Waals surface area (Å²) in [7, 11) is 0. The van der Waals surface area contributed by atoms with Gasteiger partial charge in [-0.15, -0.1) is 0 Å². The van der Waals surface area contributed by atoms with Crippen LogP contribution in [0.2, 0.25) is 0 Å². The highest BCUT2D eigenvalue weighted by atomic mass is 15.2. The maximum atomic E-state index is 5.79. The van der Waals surface area contributed by atoms with E-state index in [0.29, 0.717) is 11.9 Å².